The Balaban J connectivity index is 1.38. The van der Waals surface area contributed by atoms with E-state index >= 15 is 0 Å². The highest BCUT2D eigenvalue weighted by Crippen LogP contribution is 2.35. The van der Waals surface area contributed by atoms with E-state index in [0.717, 1.165) is 11.1 Å². The Hall–Kier alpha value is -3.42. The molecule has 0 bridgehead atoms. The molecular weight excluding hydrogens is 376 g/mol. The first-order valence-electron chi connectivity index (χ1n) is 9.28. The monoisotopic (exact) mass is 398 g/mol. The standard InChI is InChI=1S/C21H22N2O6/c1-26-17-7-13-5-6-23(11-14(13)8-18(17)27-2)21(25)10-20(24)22-15-3-4-16-19(9-15)29-12-28-16/h3-4,7-9H,5-6,10-12H2,1-2H3,(H,22,24). The number of ether oxygens (including phenoxy) is 4. The van der Waals surface area contributed by atoms with Crippen LogP contribution in [0.25, 0.3) is 0 Å². The highest BCUT2D eigenvalue weighted by Gasteiger charge is 2.24. The summed E-state index contributed by atoms with van der Waals surface area (Å²) < 4.78 is 21.2. The molecule has 0 aromatic heterocycles. The average molecular weight is 398 g/mol. The molecule has 2 aromatic carbocycles. The van der Waals surface area contributed by atoms with E-state index in [0.29, 0.717) is 48.2 Å². The van der Waals surface area contributed by atoms with Crippen LogP contribution in [0.1, 0.15) is 17.5 Å². The predicted molar refractivity (Wildman–Crippen MR) is 104 cm³/mol. The normalized spacial score (nSPS) is 14.2. The highest BCUT2D eigenvalue weighted by atomic mass is 16.7. The molecule has 8 nitrogen and oxygen atoms in total. The molecular formula is C21H22N2O6. The third kappa shape index (κ3) is 3.91. The summed E-state index contributed by atoms with van der Waals surface area (Å²) in [5, 5.41) is 2.74. The molecule has 0 unspecified atom stereocenters. The summed E-state index contributed by atoms with van der Waals surface area (Å²) in [6.07, 6.45) is 0.474. The van der Waals surface area contributed by atoms with Crippen LogP contribution in [0.2, 0.25) is 0 Å². The maximum Gasteiger partial charge on any atom is 0.233 e. The Morgan fingerprint density at radius 1 is 1.03 bits per heavy atom. The molecule has 0 aliphatic carbocycles. The van der Waals surface area contributed by atoms with Crippen molar-refractivity contribution in [3.63, 3.8) is 0 Å². The molecule has 8 heteroatoms. The van der Waals surface area contributed by atoms with Gasteiger partial charge in [-0.15, -0.1) is 0 Å². The number of methoxy groups -OCH3 is 2. The molecule has 0 spiro atoms. The summed E-state index contributed by atoms with van der Waals surface area (Å²) in [5.74, 6) is 1.93. The van der Waals surface area contributed by atoms with Gasteiger partial charge in [-0.3, -0.25) is 9.59 Å². The lowest BCUT2D eigenvalue weighted by Gasteiger charge is -2.29. The van der Waals surface area contributed by atoms with E-state index in [4.69, 9.17) is 18.9 Å². The van der Waals surface area contributed by atoms with Crippen molar-refractivity contribution in [2.24, 2.45) is 0 Å². The minimum absolute atomic E-state index is 0.165. The van der Waals surface area contributed by atoms with Crippen LogP contribution in [-0.4, -0.2) is 44.3 Å². The second-order valence-electron chi connectivity index (χ2n) is 6.83. The molecule has 0 fully saturated rings. The Kier molecular flexibility index (Phi) is 5.16. The zero-order chi connectivity index (χ0) is 20.4. The van der Waals surface area contributed by atoms with E-state index in [1.54, 1.807) is 37.3 Å². The van der Waals surface area contributed by atoms with Crippen LogP contribution < -0.4 is 24.3 Å². The lowest BCUT2D eigenvalue weighted by molar-refractivity contribution is -0.135. The van der Waals surface area contributed by atoms with E-state index in [-0.39, 0.29) is 25.0 Å². The lowest BCUT2D eigenvalue weighted by atomic mass is 9.98. The molecule has 4 rings (SSSR count). The van der Waals surface area contributed by atoms with Gasteiger partial charge in [-0.2, -0.15) is 0 Å². The van der Waals surface area contributed by atoms with E-state index in [1.165, 1.54) is 0 Å². The van der Waals surface area contributed by atoms with Crippen molar-refractivity contribution < 1.29 is 28.5 Å². The minimum Gasteiger partial charge on any atom is -0.493 e. The smallest absolute Gasteiger partial charge is 0.233 e. The molecule has 0 atom stereocenters. The van der Waals surface area contributed by atoms with Gasteiger partial charge in [0, 0.05) is 24.8 Å². The number of carbonyl (C=O) groups excluding carboxylic acids is 2. The Morgan fingerprint density at radius 3 is 2.52 bits per heavy atom. The number of benzene rings is 2. The summed E-state index contributed by atoms with van der Waals surface area (Å²) in [6.45, 7) is 1.16. The molecule has 2 heterocycles. The molecule has 29 heavy (non-hydrogen) atoms. The van der Waals surface area contributed by atoms with Crippen LogP contribution in [0.5, 0.6) is 23.0 Å². The van der Waals surface area contributed by atoms with Crippen molar-refractivity contribution in [1.29, 1.82) is 0 Å². The van der Waals surface area contributed by atoms with Crippen LogP contribution in [0.15, 0.2) is 30.3 Å². The van der Waals surface area contributed by atoms with Crippen LogP contribution >= 0.6 is 0 Å². The molecule has 1 N–H and O–H groups in total. The third-order valence-electron chi connectivity index (χ3n) is 5.04. The molecule has 0 saturated carbocycles. The number of hydrogen-bond acceptors (Lipinski definition) is 6. The Labute approximate surface area is 168 Å². The third-order valence-corrected chi connectivity index (χ3v) is 5.04. The fraction of sp³-hybridized carbons (Fsp3) is 0.333. The number of hydrogen-bond donors (Lipinski definition) is 1. The Bertz CT molecular complexity index is 958. The van der Waals surface area contributed by atoms with Crippen LogP contribution in [0.3, 0.4) is 0 Å². The van der Waals surface area contributed by atoms with Crippen molar-refractivity contribution in [1.82, 2.24) is 4.90 Å². The van der Waals surface area contributed by atoms with Gasteiger partial charge in [0.05, 0.1) is 14.2 Å². The first kappa shape index (κ1) is 18.9. The van der Waals surface area contributed by atoms with Crippen molar-refractivity contribution in [2.45, 2.75) is 19.4 Å². The molecule has 2 aromatic rings. The maximum atomic E-state index is 12.6. The van der Waals surface area contributed by atoms with Gasteiger partial charge >= 0.3 is 0 Å². The number of nitrogens with zero attached hydrogens (tertiary/aromatic N) is 1. The molecule has 2 aliphatic heterocycles. The van der Waals surface area contributed by atoms with Crippen molar-refractivity contribution in [3.8, 4) is 23.0 Å². The fourth-order valence-corrected chi connectivity index (χ4v) is 3.52. The lowest BCUT2D eigenvalue weighted by Crippen LogP contribution is -2.37. The number of fused-ring (bicyclic) bond motifs is 2. The number of rotatable bonds is 5. The average Bonchev–Trinajstić information content (AvgIpc) is 3.19. The van der Waals surface area contributed by atoms with Crippen molar-refractivity contribution in [3.05, 3.63) is 41.5 Å². The van der Waals surface area contributed by atoms with Gasteiger partial charge in [0.25, 0.3) is 0 Å². The van der Waals surface area contributed by atoms with Gasteiger partial charge in [0.15, 0.2) is 23.0 Å². The maximum absolute atomic E-state index is 12.6. The highest BCUT2D eigenvalue weighted by molar-refractivity contribution is 6.03. The van der Waals surface area contributed by atoms with Gasteiger partial charge in [0.1, 0.15) is 6.42 Å². The second kappa shape index (κ2) is 7.90. The van der Waals surface area contributed by atoms with E-state index < -0.39 is 0 Å². The van der Waals surface area contributed by atoms with Gasteiger partial charge in [-0.05, 0) is 41.8 Å². The van der Waals surface area contributed by atoms with Gasteiger partial charge in [0.2, 0.25) is 18.6 Å². The number of carbonyl (C=O) groups is 2. The van der Waals surface area contributed by atoms with Gasteiger partial charge in [-0.1, -0.05) is 0 Å². The summed E-state index contributed by atoms with van der Waals surface area (Å²) >= 11 is 0. The molecule has 2 aliphatic rings. The zero-order valence-corrected chi connectivity index (χ0v) is 16.3. The first-order chi connectivity index (χ1) is 14.1. The summed E-state index contributed by atoms with van der Waals surface area (Å²) in [6, 6.07) is 8.96. The van der Waals surface area contributed by atoms with Crippen molar-refractivity contribution in [2.75, 3.05) is 32.9 Å². The molecule has 2 amide bonds. The molecule has 0 radical (unpaired) electrons. The molecule has 152 valence electrons. The Morgan fingerprint density at radius 2 is 1.76 bits per heavy atom. The minimum atomic E-state index is -0.369. The largest absolute Gasteiger partial charge is 0.493 e. The van der Waals surface area contributed by atoms with Crippen LogP contribution in [0, 0.1) is 0 Å². The van der Waals surface area contributed by atoms with Crippen LogP contribution in [-0.2, 0) is 22.6 Å². The quantitative estimate of drug-likeness (QED) is 0.778. The zero-order valence-electron chi connectivity index (χ0n) is 16.3. The topological polar surface area (TPSA) is 86.3 Å². The summed E-state index contributed by atoms with van der Waals surface area (Å²) in [7, 11) is 3.18. The van der Waals surface area contributed by atoms with Gasteiger partial charge < -0.3 is 29.2 Å². The fourth-order valence-electron chi connectivity index (χ4n) is 3.52. The first-order valence-corrected chi connectivity index (χ1v) is 9.28. The SMILES string of the molecule is COc1cc2c(cc1OC)CN(C(=O)CC(=O)Nc1ccc3c(c1)OCO3)CC2. The summed E-state index contributed by atoms with van der Waals surface area (Å²) in [5.41, 5.74) is 2.68. The number of anilines is 1. The second-order valence-corrected chi connectivity index (χ2v) is 6.83. The summed E-state index contributed by atoms with van der Waals surface area (Å²) in [4.78, 5) is 26.7. The van der Waals surface area contributed by atoms with Crippen LogP contribution in [0.4, 0.5) is 5.69 Å². The number of nitrogens with one attached hydrogen (secondary N) is 1. The van der Waals surface area contributed by atoms with Gasteiger partial charge in [-0.25, -0.2) is 0 Å². The van der Waals surface area contributed by atoms with E-state index in [2.05, 4.69) is 5.32 Å². The number of amides is 2. The van der Waals surface area contributed by atoms with E-state index in [1.807, 2.05) is 12.1 Å². The molecule has 0 saturated heterocycles. The predicted octanol–water partition coefficient (Wildman–Crippen LogP) is 2.35. The van der Waals surface area contributed by atoms with Crippen molar-refractivity contribution >= 4 is 17.5 Å². The van der Waals surface area contributed by atoms with E-state index in [9.17, 15) is 9.59 Å².